The molecule has 0 bridgehead atoms. The maximum atomic E-state index is 12.3. The van der Waals surface area contributed by atoms with Crippen LogP contribution < -0.4 is 4.74 Å². The number of ketones is 1. The van der Waals surface area contributed by atoms with Gasteiger partial charge in [-0.1, -0.05) is 11.8 Å². The van der Waals surface area contributed by atoms with Crippen LogP contribution in [0.2, 0.25) is 0 Å². The predicted octanol–water partition coefficient (Wildman–Crippen LogP) is 2.75. The first kappa shape index (κ1) is 17.0. The molecule has 6 nitrogen and oxygen atoms in total. The van der Waals surface area contributed by atoms with E-state index in [-0.39, 0.29) is 11.9 Å². The Kier molecular flexibility index (Phi) is 5.52. The Morgan fingerprint density at radius 3 is 2.83 bits per heavy atom. The number of benzene rings is 1. The zero-order valence-electron chi connectivity index (χ0n) is 13.9. The standard InChI is InChI=1S/C17H21N3O3S/c1-12-18-19-17(20(12)10-15-4-3-9-23-15)24-11-16(21)13-5-7-14(22-2)8-6-13/h5-8,15H,3-4,9-11H2,1-2H3. The Morgan fingerprint density at radius 2 is 2.17 bits per heavy atom. The van der Waals surface area contributed by atoms with Crippen LogP contribution in [0.1, 0.15) is 29.0 Å². The van der Waals surface area contributed by atoms with Crippen molar-refractivity contribution in [3.8, 4) is 5.75 Å². The molecule has 0 aliphatic carbocycles. The molecule has 2 heterocycles. The van der Waals surface area contributed by atoms with Crippen molar-refractivity contribution in [1.29, 1.82) is 0 Å². The first-order valence-corrected chi connectivity index (χ1v) is 8.97. The van der Waals surface area contributed by atoms with Gasteiger partial charge in [0.05, 0.1) is 25.5 Å². The second-order valence-corrected chi connectivity index (χ2v) is 6.66. The van der Waals surface area contributed by atoms with Crippen LogP contribution in [-0.4, -0.2) is 46.1 Å². The van der Waals surface area contributed by atoms with Crippen molar-refractivity contribution in [3.63, 3.8) is 0 Å². The number of methoxy groups -OCH3 is 1. The van der Waals surface area contributed by atoms with E-state index in [4.69, 9.17) is 9.47 Å². The molecule has 2 aromatic rings. The fourth-order valence-electron chi connectivity index (χ4n) is 2.66. The van der Waals surface area contributed by atoms with Crippen molar-refractivity contribution in [1.82, 2.24) is 14.8 Å². The minimum Gasteiger partial charge on any atom is -0.497 e. The summed E-state index contributed by atoms with van der Waals surface area (Å²) in [6, 6.07) is 7.15. The van der Waals surface area contributed by atoms with Gasteiger partial charge in [-0.05, 0) is 44.0 Å². The number of rotatable bonds is 7. The number of Topliss-reactive ketones (excluding diaryl/α,β-unsaturated/α-hetero) is 1. The molecule has 0 spiro atoms. The molecule has 1 aliphatic heterocycles. The van der Waals surface area contributed by atoms with Crippen LogP contribution in [0.15, 0.2) is 29.4 Å². The van der Waals surface area contributed by atoms with Gasteiger partial charge in [-0.2, -0.15) is 0 Å². The highest BCUT2D eigenvalue weighted by atomic mass is 32.2. The van der Waals surface area contributed by atoms with E-state index in [9.17, 15) is 4.79 Å². The largest absolute Gasteiger partial charge is 0.497 e. The average Bonchev–Trinajstić information content (AvgIpc) is 3.24. The van der Waals surface area contributed by atoms with Gasteiger partial charge in [0, 0.05) is 12.2 Å². The Balaban J connectivity index is 1.62. The van der Waals surface area contributed by atoms with E-state index >= 15 is 0 Å². The Bertz CT molecular complexity index is 694. The van der Waals surface area contributed by atoms with Gasteiger partial charge in [0.2, 0.25) is 0 Å². The van der Waals surface area contributed by atoms with Crippen LogP contribution in [-0.2, 0) is 11.3 Å². The summed E-state index contributed by atoms with van der Waals surface area (Å²) in [7, 11) is 1.61. The molecule has 1 unspecified atom stereocenters. The normalized spacial score (nSPS) is 17.2. The van der Waals surface area contributed by atoms with Crippen LogP contribution in [0, 0.1) is 6.92 Å². The molecule has 1 saturated heterocycles. The molecule has 1 atom stereocenters. The third kappa shape index (κ3) is 3.96. The van der Waals surface area contributed by atoms with Gasteiger partial charge in [-0.25, -0.2) is 0 Å². The van der Waals surface area contributed by atoms with Crippen molar-refractivity contribution in [2.24, 2.45) is 0 Å². The lowest BCUT2D eigenvalue weighted by atomic mass is 10.1. The van der Waals surface area contributed by atoms with Gasteiger partial charge in [0.15, 0.2) is 10.9 Å². The zero-order chi connectivity index (χ0) is 16.9. The van der Waals surface area contributed by atoms with Gasteiger partial charge >= 0.3 is 0 Å². The van der Waals surface area contributed by atoms with Gasteiger partial charge in [0.25, 0.3) is 0 Å². The molecule has 1 aromatic heterocycles. The van der Waals surface area contributed by atoms with Gasteiger partial charge in [-0.15, -0.1) is 10.2 Å². The molecule has 1 aromatic carbocycles. The monoisotopic (exact) mass is 347 g/mol. The number of aromatic nitrogens is 3. The van der Waals surface area contributed by atoms with E-state index in [2.05, 4.69) is 10.2 Å². The van der Waals surface area contributed by atoms with E-state index in [0.29, 0.717) is 11.3 Å². The number of thioether (sulfide) groups is 1. The summed E-state index contributed by atoms with van der Waals surface area (Å²) in [6.45, 7) is 3.50. The van der Waals surface area contributed by atoms with Gasteiger partial charge in [-0.3, -0.25) is 4.79 Å². The number of hydrogen-bond acceptors (Lipinski definition) is 6. The predicted molar refractivity (Wildman–Crippen MR) is 91.8 cm³/mol. The molecular weight excluding hydrogens is 326 g/mol. The molecule has 3 rings (SSSR count). The third-order valence-electron chi connectivity index (χ3n) is 4.06. The average molecular weight is 347 g/mol. The van der Waals surface area contributed by atoms with Crippen LogP contribution in [0.4, 0.5) is 0 Å². The molecular formula is C17H21N3O3S. The second kappa shape index (κ2) is 7.81. The number of carbonyl (C=O) groups is 1. The highest BCUT2D eigenvalue weighted by Gasteiger charge is 2.20. The van der Waals surface area contributed by atoms with Crippen molar-refractivity contribution in [2.75, 3.05) is 19.5 Å². The van der Waals surface area contributed by atoms with Crippen LogP contribution in [0.5, 0.6) is 5.75 Å². The summed E-state index contributed by atoms with van der Waals surface area (Å²) in [5.74, 6) is 1.98. The topological polar surface area (TPSA) is 66.2 Å². The summed E-state index contributed by atoms with van der Waals surface area (Å²) >= 11 is 1.42. The first-order valence-electron chi connectivity index (χ1n) is 7.99. The van der Waals surface area contributed by atoms with Gasteiger partial charge in [0.1, 0.15) is 11.6 Å². The van der Waals surface area contributed by atoms with Crippen molar-refractivity contribution < 1.29 is 14.3 Å². The molecule has 0 radical (unpaired) electrons. The number of aryl methyl sites for hydroxylation is 1. The number of nitrogens with zero attached hydrogens (tertiary/aromatic N) is 3. The molecule has 0 saturated carbocycles. The lowest BCUT2D eigenvalue weighted by molar-refractivity contribution is 0.0944. The summed E-state index contributed by atoms with van der Waals surface area (Å²) in [5.41, 5.74) is 0.671. The summed E-state index contributed by atoms with van der Waals surface area (Å²) in [5, 5.41) is 9.11. The SMILES string of the molecule is COc1ccc(C(=O)CSc2nnc(C)n2CC2CCCO2)cc1. The molecule has 1 fully saturated rings. The maximum Gasteiger partial charge on any atom is 0.191 e. The van der Waals surface area contributed by atoms with E-state index in [1.807, 2.05) is 11.5 Å². The molecule has 0 amide bonds. The summed E-state index contributed by atoms with van der Waals surface area (Å²) in [4.78, 5) is 12.3. The van der Waals surface area contributed by atoms with Gasteiger partial charge < -0.3 is 14.0 Å². The molecule has 24 heavy (non-hydrogen) atoms. The Morgan fingerprint density at radius 1 is 1.38 bits per heavy atom. The molecule has 128 valence electrons. The minimum absolute atomic E-state index is 0.0620. The lowest BCUT2D eigenvalue weighted by Gasteiger charge is -2.13. The van der Waals surface area contributed by atoms with Crippen molar-refractivity contribution >= 4 is 17.5 Å². The second-order valence-electron chi connectivity index (χ2n) is 5.72. The summed E-state index contributed by atoms with van der Waals surface area (Å²) in [6.07, 6.45) is 2.38. The van der Waals surface area contributed by atoms with Crippen LogP contribution >= 0.6 is 11.8 Å². The van der Waals surface area contributed by atoms with Crippen molar-refractivity contribution in [2.45, 2.75) is 37.6 Å². The Labute approximate surface area is 145 Å². The smallest absolute Gasteiger partial charge is 0.191 e. The lowest BCUT2D eigenvalue weighted by Crippen LogP contribution is -2.17. The molecule has 7 heteroatoms. The van der Waals surface area contributed by atoms with E-state index in [0.717, 1.165) is 42.7 Å². The minimum atomic E-state index is 0.0620. The van der Waals surface area contributed by atoms with E-state index < -0.39 is 0 Å². The fourth-order valence-corrected chi connectivity index (χ4v) is 3.55. The highest BCUT2D eigenvalue weighted by Crippen LogP contribution is 2.22. The van der Waals surface area contributed by atoms with E-state index in [1.165, 1.54) is 11.8 Å². The van der Waals surface area contributed by atoms with Crippen molar-refractivity contribution in [3.05, 3.63) is 35.7 Å². The Hall–Kier alpha value is -1.86. The summed E-state index contributed by atoms with van der Waals surface area (Å²) < 4.78 is 12.8. The fraction of sp³-hybridized carbons (Fsp3) is 0.471. The van der Waals surface area contributed by atoms with Crippen LogP contribution in [0.3, 0.4) is 0 Å². The first-order chi connectivity index (χ1) is 11.7. The van der Waals surface area contributed by atoms with Crippen LogP contribution in [0.25, 0.3) is 0 Å². The number of ether oxygens (including phenoxy) is 2. The number of carbonyl (C=O) groups excluding carboxylic acids is 1. The number of hydrogen-bond donors (Lipinski definition) is 0. The molecule has 0 N–H and O–H groups in total. The molecule has 1 aliphatic rings. The third-order valence-corrected chi connectivity index (χ3v) is 5.02. The maximum absolute atomic E-state index is 12.3. The quantitative estimate of drug-likeness (QED) is 0.567. The highest BCUT2D eigenvalue weighted by molar-refractivity contribution is 7.99. The zero-order valence-corrected chi connectivity index (χ0v) is 14.7. The van der Waals surface area contributed by atoms with E-state index in [1.54, 1.807) is 31.4 Å².